The van der Waals surface area contributed by atoms with Gasteiger partial charge in [-0.25, -0.2) is 9.50 Å². The monoisotopic (exact) mass is 165 g/mol. The molecular formula is C7H7N3S. The molecule has 0 radical (unpaired) electrons. The number of nitrogens with one attached hydrogen (secondary N) is 1. The SMILES string of the molecule is Cc1cnc2cc(=S)[nH]n2c1. The summed E-state index contributed by atoms with van der Waals surface area (Å²) in [7, 11) is 0. The van der Waals surface area contributed by atoms with Crippen molar-refractivity contribution in [3.05, 3.63) is 28.7 Å². The van der Waals surface area contributed by atoms with Crippen molar-refractivity contribution >= 4 is 17.9 Å². The van der Waals surface area contributed by atoms with Crippen LogP contribution < -0.4 is 0 Å². The van der Waals surface area contributed by atoms with Gasteiger partial charge in [-0.1, -0.05) is 12.2 Å². The van der Waals surface area contributed by atoms with Crippen LogP contribution in [0.4, 0.5) is 0 Å². The largest absolute Gasteiger partial charge is 0.282 e. The van der Waals surface area contributed by atoms with Gasteiger partial charge in [-0.3, -0.25) is 5.10 Å². The molecule has 1 N–H and O–H groups in total. The molecule has 0 aliphatic carbocycles. The van der Waals surface area contributed by atoms with Gasteiger partial charge in [-0.05, 0) is 12.5 Å². The van der Waals surface area contributed by atoms with E-state index in [1.54, 1.807) is 0 Å². The second-order valence-corrected chi connectivity index (χ2v) is 2.92. The fourth-order valence-corrected chi connectivity index (χ4v) is 1.20. The Balaban J connectivity index is 2.92. The van der Waals surface area contributed by atoms with Crippen LogP contribution in [0.2, 0.25) is 0 Å². The highest BCUT2D eigenvalue weighted by atomic mass is 32.1. The van der Waals surface area contributed by atoms with Crippen LogP contribution in [-0.2, 0) is 0 Å². The summed E-state index contributed by atoms with van der Waals surface area (Å²) in [4.78, 5) is 4.17. The van der Waals surface area contributed by atoms with Gasteiger partial charge < -0.3 is 0 Å². The Hall–Kier alpha value is -1.16. The van der Waals surface area contributed by atoms with E-state index in [2.05, 4.69) is 10.1 Å². The van der Waals surface area contributed by atoms with E-state index in [0.717, 1.165) is 11.2 Å². The van der Waals surface area contributed by atoms with Crippen molar-refractivity contribution < 1.29 is 0 Å². The number of nitrogens with zero attached hydrogens (tertiary/aromatic N) is 2. The van der Waals surface area contributed by atoms with E-state index in [-0.39, 0.29) is 0 Å². The first kappa shape index (κ1) is 6.54. The predicted molar refractivity (Wildman–Crippen MR) is 45.1 cm³/mol. The number of aromatic amines is 1. The molecule has 0 saturated carbocycles. The Labute approximate surface area is 68.7 Å². The Morgan fingerprint density at radius 1 is 1.64 bits per heavy atom. The average Bonchev–Trinajstić information content (AvgIpc) is 2.27. The summed E-state index contributed by atoms with van der Waals surface area (Å²) in [5.74, 6) is 0. The zero-order chi connectivity index (χ0) is 7.84. The summed E-state index contributed by atoms with van der Waals surface area (Å²) in [6, 6.07) is 1.83. The second kappa shape index (κ2) is 2.17. The molecule has 3 nitrogen and oxygen atoms in total. The summed E-state index contributed by atoms with van der Waals surface area (Å²) in [6.45, 7) is 1.99. The molecule has 11 heavy (non-hydrogen) atoms. The summed E-state index contributed by atoms with van der Waals surface area (Å²) >= 11 is 4.94. The zero-order valence-corrected chi connectivity index (χ0v) is 6.85. The van der Waals surface area contributed by atoms with Gasteiger partial charge in [0.25, 0.3) is 0 Å². The number of aromatic nitrogens is 3. The third kappa shape index (κ3) is 1.05. The van der Waals surface area contributed by atoms with E-state index < -0.39 is 0 Å². The van der Waals surface area contributed by atoms with Crippen molar-refractivity contribution in [2.24, 2.45) is 0 Å². The Morgan fingerprint density at radius 3 is 3.27 bits per heavy atom. The lowest BCUT2D eigenvalue weighted by Gasteiger charge is -1.93. The minimum atomic E-state index is 0.711. The first-order chi connectivity index (χ1) is 5.25. The molecule has 0 unspecified atom stereocenters. The average molecular weight is 165 g/mol. The molecule has 2 heterocycles. The van der Waals surface area contributed by atoms with E-state index in [0.29, 0.717) is 4.64 Å². The standard InChI is InChI=1S/C7H7N3S/c1-5-3-8-6-2-7(11)9-10(6)4-5/h2-4H,1H3,(H,9,11). The highest BCUT2D eigenvalue weighted by Gasteiger charge is 1.93. The summed E-state index contributed by atoms with van der Waals surface area (Å²) in [6.07, 6.45) is 3.77. The van der Waals surface area contributed by atoms with Crippen LogP contribution >= 0.6 is 12.2 Å². The first-order valence-electron chi connectivity index (χ1n) is 3.30. The maximum Gasteiger partial charge on any atom is 0.154 e. The van der Waals surface area contributed by atoms with Crippen LogP contribution in [0.5, 0.6) is 0 Å². The van der Waals surface area contributed by atoms with Crippen molar-refractivity contribution in [2.75, 3.05) is 0 Å². The maximum absolute atomic E-state index is 4.94. The Bertz CT molecular complexity index is 440. The molecule has 56 valence electrons. The van der Waals surface area contributed by atoms with Crippen molar-refractivity contribution in [1.29, 1.82) is 0 Å². The first-order valence-corrected chi connectivity index (χ1v) is 3.70. The van der Waals surface area contributed by atoms with Gasteiger partial charge in [0, 0.05) is 18.5 Å². The summed E-state index contributed by atoms with van der Waals surface area (Å²) < 4.78 is 2.53. The molecule has 0 spiro atoms. The molecule has 0 atom stereocenters. The summed E-state index contributed by atoms with van der Waals surface area (Å²) in [5, 5.41) is 2.97. The third-order valence-corrected chi connectivity index (χ3v) is 1.68. The molecule has 0 aliphatic rings. The van der Waals surface area contributed by atoms with Crippen LogP contribution in [-0.4, -0.2) is 14.6 Å². The van der Waals surface area contributed by atoms with Gasteiger partial charge >= 0.3 is 0 Å². The molecule has 0 amide bonds. The minimum Gasteiger partial charge on any atom is -0.282 e. The molecule has 0 fully saturated rings. The number of hydrogen-bond donors (Lipinski definition) is 1. The lowest BCUT2D eigenvalue weighted by atomic mass is 10.4. The van der Waals surface area contributed by atoms with Crippen molar-refractivity contribution in [3.8, 4) is 0 Å². The zero-order valence-electron chi connectivity index (χ0n) is 6.03. The van der Waals surface area contributed by atoms with Gasteiger partial charge in [0.05, 0.1) is 0 Å². The van der Waals surface area contributed by atoms with Crippen LogP contribution in [0.25, 0.3) is 5.65 Å². The van der Waals surface area contributed by atoms with E-state index in [4.69, 9.17) is 12.2 Å². The Kier molecular flexibility index (Phi) is 1.29. The van der Waals surface area contributed by atoms with Gasteiger partial charge in [0.2, 0.25) is 0 Å². The molecule has 2 aromatic rings. The maximum atomic E-state index is 4.94. The topological polar surface area (TPSA) is 33.1 Å². The number of hydrogen-bond acceptors (Lipinski definition) is 2. The van der Waals surface area contributed by atoms with E-state index in [1.807, 2.05) is 29.9 Å². The fraction of sp³-hybridized carbons (Fsp3) is 0.143. The lowest BCUT2D eigenvalue weighted by Crippen LogP contribution is -1.89. The van der Waals surface area contributed by atoms with E-state index >= 15 is 0 Å². The van der Waals surface area contributed by atoms with Gasteiger partial charge in [-0.15, -0.1) is 0 Å². The molecule has 4 heteroatoms. The third-order valence-electron chi connectivity index (χ3n) is 1.47. The highest BCUT2D eigenvalue weighted by molar-refractivity contribution is 7.71. The quantitative estimate of drug-likeness (QED) is 0.603. The number of H-pyrrole nitrogens is 1. The summed E-state index contributed by atoms with van der Waals surface area (Å²) in [5.41, 5.74) is 1.97. The molecular weight excluding hydrogens is 158 g/mol. The van der Waals surface area contributed by atoms with E-state index in [9.17, 15) is 0 Å². The molecule has 0 bridgehead atoms. The van der Waals surface area contributed by atoms with Gasteiger partial charge in [0.15, 0.2) is 5.65 Å². The van der Waals surface area contributed by atoms with Crippen molar-refractivity contribution in [3.63, 3.8) is 0 Å². The number of aryl methyl sites for hydroxylation is 1. The van der Waals surface area contributed by atoms with Crippen LogP contribution in [0.15, 0.2) is 18.5 Å². The minimum absolute atomic E-state index is 0.711. The smallest absolute Gasteiger partial charge is 0.154 e. The molecule has 0 aliphatic heterocycles. The fourth-order valence-electron chi connectivity index (χ4n) is 0.998. The molecule has 2 aromatic heterocycles. The second-order valence-electron chi connectivity index (χ2n) is 2.48. The van der Waals surface area contributed by atoms with Gasteiger partial charge in [-0.2, -0.15) is 0 Å². The van der Waals surface area contributed by atoms with Crippen LogP contribution in [0.1, 0.15) is 5.56 Å². The molecule has 0 aromatic carbocycles. The van der Waals surface area contributed by atoms with E-state index in [1.165, 1.54) is 0 Å². The van der Waals surface area contributed by atoms with Gasteiger partial charge in [0.1, 0.15) is 4.64 Å². The number of fused-ring (bicyclic) bond motifs is 1. The van der Waals surface area contributed by atoms with Crippen LogP contribution in [0, 0.1) is 11.6 Å². The number of rotatable bonds is 0. The highest BCUT2D eigenvalue weighted by Crippen LogP contribution is 2.00. The lowest BCUT2D eigenvalue weighted by molar-refractivity contribution is 0.921. The predicted octanol–water partition coefficient (Wildman–Crippen LogP) is 1.70. The Morgan fingerprint density at radius 2 is 2.45 bits per heavy atom. The van der Waals surface area contributed by atoms with Crippen molar-refractivity contribution in [1.82, 2.24) is 14.6 Å². The molecule has 2 rings (SSSR count). The molecule has 0 saturated heterocycles. The normalized spacial score (nSPS) is 10.6. The van der Waals surface area contributed by atoms with Crippen LogP contribution in [0.3, 0.4) is 0 Å². The van der Waals surface area contributed by atoms with Crippen molar-refractivity contribution in [2.45, 2.75) is 6.92 Å².